The smallest absolute Gasteiger partial charge is 0.164 e. The molecule has 8 aromatic carbocycles. The van der Waals surface area contributed by atoms with Crippen LogP contribution in [-0.4, -0.2) is 15.0 Å². The number of hydrogen-bond acceptors (Lipinski definition) is 4. The van der Waals surface area contributed by atoms with Gasteiger partial charge in [-0.15, -0.1) is 0 Å². The van der Waals surface area contributed by atoms with Crippen molar-refractivity contribution in [2.75, 3.05) is 0 Å². The van der Waals surface area contributed by atoms with E-state index < -0.39 is 0 Å². The van der Waals surface area contributed by atoms with Crippen molar-refractivity contribution in [2.45, 2.75) is 6.92 Å². The molecule has 10 rings (SSSR count). The van der Waals surface area contributed by atoms with Gasteiger partial charge in [0.2, 0.25) is 0 Å². The second kappa shape index (κ2) is 14.1. The molecule has 0 saturated carbocycles. The van der Waals surface area contributed by atoms with Crippen LogP contribution in [0.25, 0.3) is 101 Å². The maximum absolute atomic E-state index is 6.59. The molecule has 0 fully saturated rings. The molecular weight excluding hydrogens is 683 g/mol. The predicted octanol–water partition coefficient (Wildman–Crippen LogP) is 13.7. The molecule has 0 saturated heterocycles. The third-order valence-corrected chi connectivity index (χ3v) is 10.4. The molecule has 0 unspecified atom stereocenters. The zero-order valence-electron chi connectivity index (χ0n) is 30.7. The molecule has 2 aromatic heterocycles. The van der Waals surface area contributed by atoms with Crippen molar-refractivity contribution in [3.05, 3.63) is 200 Å². The van der Waals surface area contributed by atoms with Crippen molar-refractivity contribution in [3.63, 3.8) is 0 Å². The van der Waals surface area contributed by atoms with Gasteiger partial charge in [-0.3, -0.25) is 0 Å². The van der Waals surface area contributed by atoms with Crippen molar-refractivity contribution in [2.24, 2.45) is 0 Å². The Balaban J connectivity index is 1.12. The molecule has 0 aliphatic heterocycles. The first-order chi connectivity index (χ1) is 27.6. The molecule has 0 aliphatic rings. The Morgan fingerprint density at radius 2 is 0.821 bits per heavy atom. The Bertz CT molecular complexity index is 3030. The highest BCUT2D eigenvalue weighted by Gasteiger charge is 2.18. The average molecular weight is 718 g/mol. The number of hydrogen-bond donors (Lipinski definition) is 0. The Morgan fingerprint density at radius 1 is 0.321 bits per heavy atom. The number of fused-ring (bicyclic) bond motifs is 3. The van der Waals surface area contributed by atoms with Crippen LogP contribution < -0.4 is 0 Å². The lowest BCUT2D eigenvalue weighted by atomic mass is 9.95. The number of nitrogens with zero attached hydrogens (tertiary/aromatic N) is 3. The second-order valence-electron chi connectivity index (χ2n) is 14.1. The Labute approximate surface area is 325 Å². The van der Waals surface area contributed by atoms with Crippen molar-refractivity contribution in [1.82, 2.24) is 15.0 Å². The monoisotopic (exact) mass is 717 g/mol. The standard InChI is InChI=1S/C52H35N3O/c1-34-14-11-21-38(28-34)43-30-42(36-17-7-3-8-18-36)31-44(32-43)52-54-50(37-19-9-4-10-20-37)53-51(55-52)41-26-27-46-48(33-41)56-47-25-13-24-45(49(46)47)40-23-12-22-39(29-40)35-15-5-2-6-16-35/h2-33H,1H3. The molecule has 0 radical (unpaired) electrons. The van der Waals surface area contributed by atoms with E-state index in [4.69, 9.17) is 19.4 Å². The lowest BCUT2D eigenvalue weighted by molar-refractivity contribution is 0.669. The summed E-state index contributed by atoms with van der Waals surface area (Å²) in [5, 5.41) is 2.13. The summed E-state index contributed by atoms with van der Waals surface area (Å²) < 4.78 is 6.59. The minimum absolute atomic E-state index is 0.578. The number of aromatic nitrogens is 3. The Hall–Kier alpha value is -7.43. The highest BCUT2D eigenvalue weighted by molar-refractivity contribution is 6.13. The normalized spacial score (nSPS) is 11.3. The molecule has 0 atom stereocenters. The summed E-state index contributed by atoms with van der Waals surface area (Å²) in [4.78, 5) is 15.4. The van der Waals surface area contributed by atoms with Crippen molar-refractivity contribution >= 4 is 21.9 Å². The predicted molar refractivity (Wildman–Crippen MR) is 230 cm³/mol. The summed E-state index contributed by atoms with van der Waals surface area (Å²) in [5.74, 6) is 1.79. The van der Waals surface area contributed by atoms with E-state index in [1.807, 2.05) is 48.5 Å². The van der Waals surface area contributed by atoms with E-state index in [9.17, 15) is 0 Å². The SMILES string of the molecule is Cc1cccc(-c2cc(-c3ccccc3)cc(-c3nc(-c4ccccc4)nc(-c4ccc5c(c4)oc4cccc(-c6cccc(-c7ccccc7)c6)c45)n3)c2)c1. The summed E-state index contributed by atoms with van der Waals surface area (Å²) in [7, 11) is 0. The largest absolute Gasteiger partial charge is 0.456 e. The molecule has 4 heteroatoms. The van der Waals surface area contributed by atoms with E-state index in [0.717, 1.165) is 72.0 Å². The van der Waals surface area contributed by atoms with Gasteiger partial charge in [-0.1, -0.05) is 157 Å². The van der Waals surface area contributed by atoms with Gasteiger partial charge in [0.25, 0.3) is 0 Å². The van der Waals surface area contributed by atoms with E-state index >= 15 is 0 Å². The Morgan fingerprint density at radius 3 is 1.52 bits per heavy atom. The van der Waals surface area contributed by atoms with Crippen LogP contribution in [0.15, 0.2) is 199 Å². The lowest BCUT2D eigenvalue weighted by Gasteiger charge is -2.13. The summed E-state index contributed by atoms with van der Waals surface area (Å²) >= 11 is 0. The van der Waals surface area contributed by atoms with Crippen LogP contribution in [0.5, 0.6) is 0 Å². The molecule has 4 nitrogen and oxygen atoms in total. The Kier molecular flexibility index (Phi) is 8.34. The lowest BCUT2D eigenvalue weighted by Crippen LogP contribution is -2.00. The summed E-state index contributed by atoms with van der Waals surface area (Å²) in [6.45, 7) is 2.12. The molecule has 0 bridgehead atoms. The first-order valence-electron chi connectivity index (χ1n) is 18.8. The summed E-state index contributed by atoms with van der Waals surface area (Å²) in [5.41, 5.74) is 14.6. The fourth-order valence-corrected chi connectivity index (χ4v) is 7.60. The van der Waals surface area contributed by atoms with Crippen LogP contribution in [-0.2, 0) is 0 Å². The van der Waals surface area contributed by atoms with Gasteiger partial charge < -0.3 is 4.42 Å². The van der Waals surface area contributed by atoms with Crippen LogP contribution in [0.3, 0.4) is 0 Å². The van der Waals surface area contributed by atoms with Crippen molar-refractivity contribution in [3.8, 4) is 78.7 Å². The number of furan rings is 1. The first-order valence-corrected chi connectivity index (χ1v) is 18.8. The average Bonchev–Trinajstić information content (AvgIpc) is 3.65. The molecule has 56 heavy (non-hydrogen) atoms. The molecule has 10 aromatic rings. The van der Waals surface area contributed by atoms with Crippen molar-refractivity contribution in [1.29, 1.82) is 0 Å². The number of aryl methyl sites for hydroxylation is 1. The summed E-state index contributed by atoms with van der Waals surface area (Å²) in [6, 6.07) is 67.6. The molecule has 0 spiro atoms. The van der Waals surface area contributed by atoms with Gasteiger partial charge in [0, 0.05) is 27.5 Å². The van der Waals surface area contributed by atoms with E-state index in [-0.39, 0.29) is 0 Å². The quantitative estimate of drug-likeness (QED) is 0.165. The number of benzene rings is 8. The highest BCUT2D eigenvalue weighted by Crippen LogP contribution is 2.40. The van der Waals surface area contributed by atoms with Crippen LogP contribution in [0.2, 0.25) is 0 Å². The third kappa shape index (κ3) is 6.33. The van der Waals surface area contributed by atoms with Gasteiger partial charge in [0.15, 0.2) is 17.5 Å². The van der Waals surface area contributed by atoms with Crippen molar-refractivity contribution < 1.29 is 4.42 Å². The van der Waals surface area contributed by atoms with Gasteiger partial charge in [0.1, 0.15) is 11.2 Å². The molecule has 0 N–H and O–H groups in total. The maximum atomic E-state index is 6.59. The molecular formula is C52H35N3O. The molecule has 0 amide bonds. The zero-order chi connectivity index (χ0) is 37.4. The molecule has 2 heterocycles. The fourth-order valence-electron chi connectivity index (χ4n) is 7.60. The van der Waals surface area contributed by atoms with Gasteiger partial charge in [-0.25, -0.2) is 15.0 Å². The van der Waals surface area contributed by atoms with E-state index in [2.05, 4.69) is 153 Å². The zero-order valence-corrected chi connectivity index (χ0v) is 30.7. The van der Waals surface area contributed by atoms with Crippen LogP contribution in [0, 0.1) is 6.92 Å². The van der Waals surface area contributed by atoms with Crippen LogP contribution >= 0.6 is 0 Å². The second-order valence-corrected chi connectivity index (χ2v) is 14.1. The molecule has 264 valence electrons. The fraction of sp³-hybridized carbons (Fsp3) is 0.0192. The van der Waals surface area contributed by atoms with E-state index in [1.54, 1.807) is 0 Å². The van der Waals surface area contributed by atoms with Gasteiger partial charge >= 0.3 is 0 Å². The first kappa shape index (κ1) is 33.2. The highest BCUT2D eigenvalue weighted by atomic mass is 16.3. The van der Waals surface area contributed by atoms with E-state index in [1.165, 1.54) is 16.7 Å². The maximum Gasteiger partial charge on any atom is 0.164 e. The molecule has 0 aliphatic carbocycles. The van der Waals surface area contributed by atoms with Crippen LogP contribution in [0.1, 0.15) is 5.56 Å². The van der Waals surface area contributed by atoms with Gasteiger partial charge in [0.05, 0.1) is 0 Å². The van der Waals surface area contributed by atoms with Crippen LogP contribution in [0.4, 0.5) is 0 Å². The third-order valence-electron chi connectivity index (χ3n) is 10.4. The minimum Gasteiger partial charge on any atom is -0.456 e. The topological polar surface area (TPSA) is 51.8 Å². The summed E-state index contributed by atoms with van der Waals surface area (Å²) in [6.07, 6.45) is 0. The number of rotatable bonds is 7. The minimum atomic E-state index is 0.578. The van der Waals surface area contributed by atoms with E-state index in [0.29, 0.717) is 17.5 Å². The van der Waals surface area contributed by atoms with Gasteiger partial charge in [-0.2, -0.15) is 0 Å². The van der Waals surface area contributed by atoms with Gasteiger partial charge in [-0.05, 0) is 93.9 Å².